The molecule has 1 atom stereocenters. The average molecular weight is 413 g/mol. The van der Waals surface area contributed by atoms with Crippen LogP contribution in [0.2, 0.25) is 0 Å². The summed E-state index contributed by atoms with van der Waals surface area (Å²) in [5.41, 5.74) is 4.56. The summed E-state index contributed by atoms with van der Waals surface area (Å²) >= 11 is 1.73. The third kappa shape index (κ3) is 4.87. The zero-order valence-electron chi connectivity index (χ0n) is 17.6. The number of likely N-dealkylation sites (N-methyl/N-ethyl adjacent to an activating group) is 1. The molecule has 0 saturated carbocycles. The number of fused-ring (bicyclic) bond motifs is 1. The first-order chi connectivity index (χ1) is 14.1. The molecule has 0 bridgehead atoms. The molecule has 2 aliphatic rings. The van der Waals surface area contributed by atoms with E-state index in [2.05, 4.69) is 51.6 Å². The highest BCUT2D eigenvalue weighted by Gasteiger charge is 2.25. The second-order valence-electron chi connectivity index (χ2n) is 8.36. The molecule has 5 nitrogen and oxygen atoms in total. The van der Waals surface area contributed by atoms with E-state index in [1.165, 1.54) is 35.3 Å². The van der Waals surface area contributed by atoms with E-state index in [0.29, 0.717) is 6.04 Å². The van der Waals surface area contributed by atoms with Crippen LogP contribution in [0.25, 0.3) is 0 Å². The monoisotopic (exact) mass is 412 g/mol. The number of thiophene rings is 1. The molecule has 2 aromatic rings. The van der Waals surface area contributed by atoms with Crippen molar-refractivity contribution in [1.82, 2.24) is 20.1 Å². The van der Waals surface area contributed by atoms with Gasteiger partial charge in [0.15, 0.2) is 0 Å². The fourth-order valence-corrected chi connectivity index (χ4v) is 5.52. The lowest BCUT2D eigenvalue weighted by molar-refractivity contribution is 0.0927. The van der Waals surface area contributed by atoms with Crippen molar-refractivity contribution in [3.63, 3.8) is 0 Å². The molecule has 1 fully saturated rings. The van der Waals surface area contributed by atoms with E-state index in [9.17, 15) is 4.79 Å². The maximum Gasteiger partial charge on any atom is 0.252 e. The molecule has 0 aliphatic carbocycles. The molecule has 2 aromatic heterocycles. The number of nitrogens with zero attached hydrogens (tertiary/aromatic N) is 3. The minimum absolute atomic E-state index is 0.103. The third-order valence-electron chi connectivity index (χ3n) is 6.37. The minimum atomic E-state index is 0.103. The van der Waals surface area contributed by atoms with Gasteiger partial charge in [0.2, 0.25) is 0 Å². The predicted octanol–water partition coefficient (Wildman–Crippen LogP) is 3.48. The average Bonchev–Trinajstić information content (AvgIpc) is 3.17. The molecule has 1 saturated heterocycles. The molecule has 2 aliphatic heterocycles. The fraction of sp³-hybridized carbons (Fsp3) is 0.565. The van der Waals surface area contributed by atoms with Crippen molar-refractivity contribution < 1.29 is 4.79 Å². The highest BCUT2D eigenvalue weighted by atomic mass is 32.1. The van der Waals surface area contributed by atoms with Crippen LogP contribution in [-0.2, 0) is 25.9 Å². The Labute approximate surface area is 178 Å². The Morgan fingerprint density at radius 1 is 1.31 bits per heavy atom. The molecule has 0 radical (unpaired) electrons. The van der Waals surface area contributed by atoms with Gasteiger partial charge in [-0.05, 0) is 56.5 Å². The van der Waals surface area contributed by atoms with Gasteiger partial charge in [-0.3, -0.25) is 14.7 Å². The second kappa shape index (κ2) is 9.37. The van der Waals surface area contributed by atoms with Gasteiger partial charge in [-0.1, -0.05) is 19.4 Å². The highest BCUT2D eigenvalue weighted by Crippen LogP contribution is 2.29. The molecule has 0 aromatic carbocycles. The summed E-state index contributed by atoms with van der Waals surface area (Å²) in [6.45, 7) is 6.81. The zero-order valence-corrected chi connectivity index (χ0v) is 18.4. The molecule has 6 heteroatoms. The van der Waals surface area contributed by atoms with Gasteiger partial charge < -0.3 is 10.2 Å². The first-order valence-corrected chi connectivity index (χ1v) is 11.8. The van der Waals surface area contributed by atoms with Crippen molar-refractivity contribution in [2.45, 2.75) is 58.2 Å². The maximum atomic E-state index is 12.8. The topological polar surface area (TPSA) is 48.5 Å². The molecule has 4 heterocycles. The van der Waals surface area contributed by atoms with Crippen LogP contribution in [0.3, 0.4) is 0 Å². The molecule has 0 unspecified atom stereocenters. The zero-order chi connectivity index (χ0) is 20.2. The number of likely N-dealkylation sites (tertiary alicyclic amines) is 1. The number of carbonyl (C=O) groups is 1. The van der Waals surface area contributed by atoms with E-state index in [4.69, 9.17) is 0 Å². The molecule has 1 N–H and O–H groups in total. The lowest BCUT2D eigenvalue weighted by Crippen LogP contribution is -2.44. The van der Waals surface area contributed by atoms with Crippen LogP contribution in [0.5, 0.6) is 0 Å². The maximum absolute atomic E-state index is 12.8. The number of carbonyl (C=O) groups excluding carboxylic acids is 1. The summed E-state index contributed by atoms with van der Waals surface area (Å²) in [4.78, 5) is 23.6. The minimum Gasteiger partial charge on any atom is -0.350 e. The van der Waals surface area contributed by atoms with E-state index in [0.717, 1.165) is 56.8 Å². The summed E-state index contributed by atoms with van der Waals surface area (Å²) in [5, 5.41) is 5.26. The number of pyridine rings is 1. The summed E-state index contributed by atoms with van der Waals surface area (Å²) in [6, 6.07) is 4.79. The number of hydrogen-bond donors (Lipinski definition) is 1. The number of nitrogens with one attached hydrogen (secondary N) is 1. The normalized spacial score (nSPS) is 20.4. The van der Waals surface area contributed by atoms with Gasteiger partial charge in [-0.15, -0.1) is 11.3 Å². The number of aromatic nitrogens is 1. The van der Waals surface area contributed by atoms with Crippen LogP contribution >= 0.6 is 11.3 Å². The number of piperidine rings is 1. The number of hydrogen-bond acceptors (Lipinski definition) is 5. The van der Waals surface area contributed by atoms with E-state index in [1.54, 1.807) is 11.3 Å². The fourth-order valence-electron chi connectivity index (χ4n) is 4.40. The molecule has 1 amide bonds. The second-order valence-corrected chi connectivity index (χ2v) is 9.33. The van der Waals surface area contributed by atoms with E-state index < -0.39 is 0 Å². The third-order valence-corrected chi connectivity index (χ3v) is 7.38. The van der Waals surface area contributed by atoms with Crippen LogP contribution < -0.4 is 5.32 Å². The van der Waals surface area contributed by atoms with Crippen molar-refractivity contribution >= 4 is 17.2 Å². The van der Waals surface area contributed by atoms with Gasteiger partial charge in [0.25, 0.3) is 5.91 Å². The van der Waals surface area contributed by atoms with Gasteiger partial charge in [-0.25, -0.2) is 0 Å². The summed E-state index contributed by atoms with van der Waals surface area (Å²) in [7, 11) is 2.17. The number of amides is 1. The molecule has 156 valence electrons. The van der Waals surface area contributed by atoms with E-state index in [1.807, 2.05) is 6.20 Å². The van der Waals surface area contributed by atoms with Crippen LogP contribution in [-0.4, -0.2) is 53.4 Å². The summed E-state index contributed by atoms with van der Waals surface area (Å²) < 4.78 is 0. The van der Waals surface area contributed by atoms with Crippen molar-refractivity contribution in [3.8, 4) is 0 Å². The number of aryl methyl sites for hydroxylation is 1. The van der Waals surface area contributed by atoms with Crippen molar-refractivity contribution in [1.29, 1.82) is 0 Å². The standard InChI is InChI=1S/C23H32N4OS/c1-3-17-7-8-18(24-12-17)14-27-11-9-20-21(16-29-22(20)15-27)23(28)25-13-19-6-4-5-10-26(19)2/h7-8,12,16,19H,3-6,9-11,13-15H2,1-2H3,(H,25,28)/t19-/m0/s1. The highest BCUT2D eigenvalue weighted by molar-refractivity contribution is 7.10. The largest absolute Gasteiger partial charge is 0.350 e. The quantitative estimate of drug-likeness (QED) is 0.789. The Kier molecular flexibility index (Phi) is 6.63. The molecule has 4 rings (SSSR count). The smallest absolute Gasteiger partial charge is 0.252 e. The Morgan fingerprint density at radius 2 is 2.21 bits per heavy atom. The predicted molar refractivity (Wildman–Crippen MR) is 118 cm³/mol. The number of rotatable bonds is 6. The summed E-state index contributed by atoms with van der Waals surface area (Å²) in [6.07, 6.45) is 7.68. The van der Waals surface area contributed by atoms with Crippen molar-refractivity contribution in [2.75, 3.05) is 26.7 Å². The molecule has 0 spiro atoms. The van der Waals surface area contributed by atoms with Crippen LogP contribution in [0, 0.1) is 0 Å². The van der Waals surface area contributed by atoms with Gasteiger partial charge >= 0.3 is 0 Å². The SMILES string of the molecule is CCc1ccc(CN2CCc3c(C(=O)NC[C@@H]4CCCCN4C)csc3C2)nc1. The summed E-state index contributed by atoms with van der Waals surface area (Å²) in [5.74, 6) is 0.103. The molecular weight excluding hydrogens is 380 g/mol. The Bertz CT molecular complexity index is 832. The van der Waals surface area contributed by atoms with Gasteiger partial charge in [0, 0.05) is 48.7 Å². The lowest BCUT2D eigenvalue weighted by atomic mass is 10.0. The Hall–Kier alpha value is -1.76. The van der Waals surface area contributed by atoms with Crippen molar-refractivity contribution in [2.24, 2.45) is 0 Å². The lowest BCUT2D eigenvalue weighted by Gasteiger charge is -2.32. The van der Waals surface area contributed by atoms with Crippen molar-refractivity contribution in [3.05, 3.63) is 51.0 Å². The Balaban J connectivity index is 1.34. The molecule has 29 heavy (non-hydrogen) atoms. The first kappa shape index (κ1) is 20.5. The van der Waals surface area contributed by atoms with Crippen LogP contribution in [0.1, 0.15) is 58.2 Å². The van der Waals surface area contributed by atoms with Gasteiger partial charge in [-0.2, -0.15) is 0 Å². The van der Waals surface area contributed by atoms with Crippen LogP contribution in [0.15, 0.2) is 23.7 Å². The van der Waals surface area contributed by atoms with Gasteiger partial charge in [0.1, 0.15) is 0 Å². The first-order valence-electron chi connectivity index (χ1n) is 10.9. The molecular formula is C23H32N4OS. The van der Waals surface area contributed by atoms with E-state index >= 15 is 0 Å². The van der Waals surface area contributed by atoms with Crippen LogP contribution in [0.4, 0.5) is 0 Å². The van der Waals surface area contributed by atoms with E-state index in [-0.39, 0.29) is 5.91 Å². The Morgan fingerprint density at radius 3 is 2.97 bits per heavy atom. The van der Waals surface area contributed by atoms with Gasteiger partial charge in [0.05, 0.1) is 11.3 Å².